The lowest BCUT2D eigenvalue weighted by atomic mass is 9.94. The minimum Gasteiger partial charge on any atom is -0.321 e. The van der Waals surface area contributed by atoms with Crippen LogP contribution >= 0.6 is 0 Å². The highest BCUT2D eigenvalue weighted by Gasteiger charge is 2.35. The Labute approximate surface area is 167 Å². The molecule has 4 rings (SSSR count). The van der Waals surface area contributed by atoms with Gasteiger partial charge in [-0.05, 0) is 37.1 Å². The van der Waals surface area contributed by atoms with Gasteiger partial charge in [0.05, 0.1) is 11.9 Å². The number of carbonyl (C=O) groups is 2. The second kappa shape index (κ2) is 8.14. The molecule has 2 heterocycles. The number of nitrogens with zero attached hydrogens (tertiary/aromatic N) is 3. The van der Waals surface area contributed by atoms with E-state index in [1.165, 1.54) is 12.6 Å². The second-order valence-corrected chi connectivity index (χ2v) is 7.44. The zero-order valence-corrected chi connectivity index (χ0v) is 15.9. The molecule has 6 nitrogen and oxygen atoms in total. The van der Waals surface area contributed by atoms with Gasteiger partial charge in [-0.25, -0.2) is 18.6 Å². The number of carbonyl (C=O) groups excluding carboxylic acids is 2. The number of benzene rings is 1. The van der Waals surface area contributed by atoms with Crippen molar-refractivity contribution in [3.05, 3.63) is 53.7 Å². The first-order valence-corrected chi connectivity index (χ1v) is 9.83. The third kappa shape index (κ3) is 4.21. The Morgan fingerprint density at radius 1 is 1.03 bits per heavy atom. The number of hydrogen-bond donors (Lipinski definition) is 1. The maximum Gasteiger partial charge on any atom is 0.326 e. The van der Waals surface area contributed by atoms with Crippen LogP contribution in [0.4, 0.5) is 25.1 Å². The van der Waals surface area contributed by atoms with Crippen molar-refractivity contribution < 1.29 is 18.4 Å². The molecule has 2 aliphatic rings. The molecule has 1 aliphatic carbocycles. The number of amides is 3. The number of aromatic nitrogens is 1. The topological polar surface area (TPSA) is 65.5 Å². The molecule has 0 unspecified atom stereocenters. The van der Waals surface area contributed by atoms with Crippen LogP contribution in [0, 0.1) is 11.6 Å². The van der Waals surface area contributed by atoms with Crippen molar-refractivity contribution in [2.24, 2.45) is 0 Å². The van der Waals surface area contributed by atoms with Crippen LogP contribution in [0.1, 0.15) is 42.5 Å². The van der Waals surface area contributed by atoms with Gasteiger partial charge in [-0.3, -0.25) is 9.69 Å². The van der Waals surface area contributed by atoms with E-state index >= 15 is 0 Å². The molecule has 1 aromatic carbocycles. The Kier molecular flexibility index (Phi) is 5.42. The van der Waals surface area contributed by atoms with E-state index in [1.54, 1.807) is 17.0 Å². The molecule has 1 saturated carbocycles. The van der Waals surface area contributed by atoms with Gasteiger partial charge < -0.3 is 10.2 Å². The Balaban J connectivity index is 1.41. The average molecular weight is 400 g/mol. The summed E-state index contributed by atoms with van der Waals surface area (Å²) in [5.41, 5.74) is 0.253. The number of pyridine rings is 1. The first-order valence-electron chi connectivity index (χ1n) is 9.83. The fourth-order valence-corrected chi connectivity index (χ4v) is 4.01. The van der Waals surface area contributed by atoms with E-state index in [1.807, 2.05) is 4.90 Å². The minimum absolute atomic E-state index is 0.0311. The van der Waals surface area contributed by atoms with Crippen LogP contribution in [0.25, 0.3) is 0 Å². The molecule has 0 spiro atoms. The quantitative estimate of drug-likeness (QED) is 0.837. The van der Waals surface area contributed by atoms with Gasteiger partial charge in [0.25, 0.3) is 5.91 Å². The molecule has 0 radical (unpaired) electrons. The predicted octanol–water partition coefficient (Wildman–Crippen LogP) is 4.19. The van der Waals surface area contributed by atoms with E-state index < -0.39 is 17.5 Å². The summed E-state index contributed by atoms with van der Waals surface area (Å²) in [4.78, 5) is 32.8. The van der Waals surface area contributed by atoms with Crippen molar-refractivity contribution in [3.8, 4) is 0 Å². The number of rotatable bonds is 4. The second-order valence-electron chi connectivity index (χ2n) is 7.44. The number of anilines is 2. The highest BCUT2D eigenvalue weighted by molar-refractivity contribution is 6.04. The van der Waals surface area contributed by atoms with E-state index in [0.29, 0.717) is 36.7 Å². The van der Waals surface area contributed by atoms with Gasteiger partial charge in [0.1, 0.15) is 17.5 Å². The molecule has 0 atom stereocenters. The summed E-state index contributed by atoms with van der Waals surface area (Å²) in [7, 11) is 0. The Hall–Kier alpha value is -3.03. The van der Waals surface area contributed by atoms with Gasteiger partial charge in [0, 0.05) is 30.8 Å². The summed E-state index contributed by atoms with van der Waals surface area (Å²) in [6.45, 7) is 1.27. The maximum atomic E-state index is 13.3. The average Bonchev–Trinajstić information content (AvgIpc) is 3.10. The van der Waals surface area contributed by atoms with Gasteiger partial charge >= 0.3 is 6.03 Å². The number of nitrogens with one attached hydrogen (secondary N) is 1. The summed E-state index contributed by atoms with van der Waals surface area (Å²) in [6.07, 6.45) is 7.10. The fourth-order valence-electron chi connectivity index (χ4n) is 4.01. The lowest BCUT2D eigenvalue weighted by Crippen LogP contribution is -2.40. The summed E-state index contributed by atoms with van der Waals surface area (Å²) < 4.78 is 26.6. The predicted molar refractivity (Wildman–Crippen MR) is 105 cm³/mol. The molecule has 1 aliphatic heterocycles. The summed E-state index contributed by atoms with van der Waals surface area (Å²) in [5, 5.41) is 2.55. The van der Waals surface area contributed by atoms with Gasteiger partial charge in [-0.15, -0.1) is 0 Å². The largest absolute Gasteiger partial charge is 0.326 e. The lowest BCUT2D eigenvalue weighted by Gasteiger charge is -2.30. The van der Waals surface area contributed by atoms with Crippen LogP contribution in [-0.2, 0) is 0 Å². The Morgan fingerprint density at radius 2 is 1.76 bits per heavy atom. The van der Waals surface area contributed by atoms with Gasteiger partial charge in [0.2, 0.25) is 0 Å². The highest BCUT2D eigenvalue weighted by Crippen LogP contribution is 2.28. The van der Waals surface area contributed by atoms with Crippen LogP contribution in [0.2, 0.25) is 0 Å². The first kappa shape index (κ1) is 19.3. The van der Waals surface area contributed by atoms with E-state index in [4.69, 9.17) is 0 Å². The Bertz CT molecular complexity index is 893. The smallest absolute Gasteiger partial charge is 0.321 e. The van der Waals surface area contributed by atoms with Crippen LogP contribution < -0.4 is 10.2 Å². The number of urea groups is 1. The molecule has 152 valence electrons. The van der Waals surface area contributed by atoms with Crippen molar-refractivity contribution in [1.82, 2.24) is 9.88 Å². The zero-order valence-electron chi connectivity index (χ0n) is 15.9. The molecule has 1 saturated heterocycles. The Morgan fingerprint density at radius 3 is 2.41 bits per heavy atom. The van der Waals surface area contributed by atoms with Crippen LogP contribution in [0.15, 0.2) is 36.5 Å². The zero-order chi connectivity index (χ0) is 20.4. The molecule has 8 heteroatoms. The summed E-state index contributed by atoms with van der Waals surface area (Å²) in [5.74, 6) is -1.76. The molecule has 1 aromatic heterocycles. The maximum absolute atomic E-state index is 13.3. The van der Waals surface area contributed by atoms with Crippen molar-refractivity contribution in [2.75, 3.05) is 23.3 Å². The standard InChI is InChI=1S/C21H22F2N4O2/c22-15-10-14(11-16(23)12-15)20(28)25-17-6-7-19(24-13-17)27-9-8-26(21(27)29)18-4-2-1-3-5-18/h6-7,10-13,18H,1-5,8-9H2,(H,25,28). The molecule has 0 bridgehead atoms. The fraction of sp³-hybridized carbons (Fsp3) is 0.381. The molecule has 2 aromatic rings. The molecule has 29 heavy (non-hydrogen) atoms. The normalized spacial score (nSPS) is 17.7. The molecular weight excluding hydrogens is 378 g/mol. The summed E-state index contributed by atoms with van der Waals surface area (Å²) >= 11 is 0. The molecule has 3 amide bonds. The highest BCUT2D eigenvalue weighted by atomic mass is 19.1. The molecular formula is C21H22F2N4O2. The summed E-state index contributed by atoms with van der Waals surface area (Å²) in [6, 6.07) is 6.18. The molecule has 1 N–H and O–H groups in total. The van der Waals surface area contributed by atoms with Crippen molar-refractivity contribution >= 4 is 23.4 Å². The van der Waals surface area contributed by atoms with Crippen LogP contribution in [0.3, 0.4) is 0 Å². The van der Waals surface area contributed by atoms with E-state index in [-0.39, 0.29) is 11.6 Å². The van der Waals surface area contributed by atoms with E-state index in [9.17, 15) is 18.4 Å². The van der Waals surface area contributed by atoms with Crippen LogP contribution in [-0.4, -0.2) is 41.0 Å². The van der Waals surface area contributed by atoms with Crippen molar-refractivity contribution in [3.63, 3.8) is 0 Å². The third-order valence-corrected chi connectivity index (χ3v) is 5.46. The first-order chi connectivity index (χ1) is 14.0. The van der Waals surface area contributed by atoms with Gasteiger partial charge in [-0.2, -0.15) is 0 Å². The minimum atomic E-state index is -0.821. The lowest BCUT2D eigenvalue weighted by molar-refractivity contribution is 0.102. The van der Waals surface area contributed by atoms with Crippen molar-refractivity contribution in [1.29, 1.82) is 0 Å². The van der Waals surface area contributed by atoms with Crippen molar-refractivity contribution in [2.45, 2.75) is 38.1 Å². The van der Waals surface area contributed by atoms with Gasteiger partial charge in [-0.1, -0.05) is 19.3 Å². The third-order valence-electron chi connectivity index (χ3n) is 5.46. The van der Waals surface area contributed by atoms with Gasteiger partial charge in [0.15, 0.2) is 0 Å². The van der Waals surface area contributed by atoms with E-state index in [0.717, 1.165) is 37.8 Å². The monoisotopic (exact) mass is 400 g/mol. The molecule has 2 fully saturated rings. The van der Waals surface area contributed by atoms with E-state index in [2.05, 4.69) is 10.3 Å². The van der Waals surface area contributed by atoms with Crippen LogP contribution in [0.5, 0.6) is 0 Å². The SMILES string of the molecule is O=C(Nc1ccc(N2CCN(C3CCCCC3)C2=O)nc1)c1cc(F)cc(F)c1. The number of hydrogen-bond acceptors (Lipinski definition) is 3. The number of halogens is 2.